The smallest absolute Gasteiger partial charge is 0.193 e. The number of nitrogens with zero attached hydrogens (tertiary/aromatic N) is 2. The molecule has 0 spiro atoms. The van der Waals surface area contributed by atoms with E-state index >= 15 is 0 Å². The molecular formula is C23H31IN4O. The van der Waals surface area contributed by atoms with Gasteiger partial charge in [0.1, 0.15) is 0 Å². The van der Waals surface area contributed by atoms with Gasteiger partial charge >= 0.3 is 0 Å². The fraction of sp³-hybridized carbons (Fsp3) is 0.435. The van der Waals surface area contributed by atoms with Crippen LogP contribution in [0.15, 0.2) is 47.5 Å². The van der Waals surface area contributed by atoms with E-state index in [2.05, 4.69) is 51.6 Å². The van der Waals surface area contributed by atoms with Crippen LogP contribution in [0.3, 0.4) is 0 Å². The van der Waals surface area contributed by atoms with Gasteiger partial charge in [0.2, 0.25) is 0 Å². The molecule has 0 aromatic heterocycles. The van der Waals surface area contributed by atoms with Crippen LogP contribution < -0.4 is 11.1 Å². The largest absolute Gasteiger partial charge is 0.392 e. The number of aryl methyl sites for hydroxylation is 1. The van der Waals surface area contributed by atoms with Crippen LogP contribution in [0.4, 0.5) is 5.69 Å². The minimum Gasteiger partial charge on any atom is -0.392 e. The molecule has 2 aliphatic rings. The third-order valence-corrected chi connectivity index (χ3v) is 5.84. The minimum atomic E-state index is -0.193. The SMILES string of the molecule is I.NC(=NCc1ccccc1CN1CCC(O)C1)Nc1cccc2c1CCCC2. The minimum absolute atomic E-state index is 0. The molecular weight excluding hydrogens is 475 g/mol. The Morgan fingerprint density at radius 1 is 1.10 bits per heavy atom. The number of aliphatic hydroxyl groups excluding tert-OH is 1. The summed E-state index contributed by atoms with van der Waals surface area (Å²) in [5.74, 6) is 0.463. The summed E-state index contributed by atoms with van der Waals surface area (Å²) in [6.45, 7) is 3.10. The number of nitrogens with one attached hydrogen (secondary N) is 1. The molecule has 1 saturated heterocycles. The number of nitrogens with two attached hydrogens (primary N) is 1. The first-order chi connectivity index (χ1) is 13.7. The highest BCUT2D eigenvalue weighted by atomic mass is 127. The molecule has 156 valence electrons. The predicted molar refractivity (Wildman–Crippen MR) is 130 cm³/mol. The van der Waals surface area contributed by atoms with Crippen molar-refractivity contribution >= 4 is 35.6 Å². The standard InChI is InChI=1S/C23H30N4O.HI/c24-23(26-22-11-5-9-17-6-3-4-10-21(17)22)25-14-18-7-1-2-8-19(18)15-27-13-12-20(28)16-27;/h1-2,5,7-9,11,20,28H,3-4,6,10,12-16H2,(H3,24,25,26);1H. The molecule has 0 saturated carbocycles. The summed E-state index contributed by atoms with van der Waals surface area (Å²) in [4.78, 5) is 6.90. The number of hydrogen-bond donors (Lipinski definition) is 3. The lowest BCUT2D eigenvalue weighted by molar-refractivity contribution is 0.174. The average molecular weight is 506 g/mol. The maximum atomic E-state index is 9.76. The molecule has 2 aromatic carbocycles. The lowest BCUT2D eigenvalue weighted by Crippen LogP contribution is -2.24. The maximum Gasteiger partial charge on any atom is 0.193 e. The van der Waals surface area contributed by atoms with E-state index in [4.69, 9.17) is 5.73 Å². The van der Waals surface area contributed by atoms with Crippen LogP contribution in [-0.4, -0.2) is 35.2 Å². The van der Waals surface area contributed by atoms with E-state index in [0.717, 1.165) is 44.6 Å². The Balaban J connectivity index is 0.00000240. The quantitative estimate of drug-likeness (QED) is 0.329. The van der Waals surface area contributed by atoms with Crippen LogP contribution >= 0.6 is 24.0 Å². The summed E-state index contributed by atoms with van der Waals surface area (Å²) < 4.78 is 0. The zero-order chi connectivity index (χ0) is 19.3. The third-order valence-electron chi connectivity index (χ3n) is 5.84. The molecule has 1 aliphatic carbocycles. The Morgan fingerprint density at radius 3 is 2.69 bits per heavy atom. The number of likely N-dealkylation sites (tertiary alicyclic amines) is 1. The van der Waals surface area contributed by atoms with Crippen molar-refractivity contribution in [1.82, 2.24) is 4.90 Å². The Hall–Kier alpha value is -1.64. The molecule has 1 heterocycles. The van der Waals surface area contributed by atoms with Gasteiger partial charge in [0.15, 0.2) is 5.96 Å². The Kier molecular flexibility index (Phi) is 7.91. The first-order valence-electron chi connectivity index (χ1n) is 10.3. The zero-order valence-electron chi connectivity index (χ0n) is 16.8. The van der Waals surface area contributed by atoms with Crippen molar-refractivity contribution in [2.24, 2.45) is 10.7 Å². The molecule has 1 atom stereocenters. The highest BCUT2D eigenvalue weighted by Crippen LogP contribution is 2.27. The van der Waals surface area contributed by atoms with E-state index in [0.29, 0.717) is 12.5 Å². The number of fused-ring (bicyclic) bond motifs is 1. The van der Waals surface area contributed by atoms with E-state index in [1.165, 1.54) is 35.1 Å². The van der Waals surface area contributed by atoms with E-state index in [1.807, 2.05) is 6.07 Å². The summed E-state index contributed by atoms with van der Waals surface area (Å²) in [5.41, 5.74) is 12.6. The average Bonchev–Trinajstić information content (AvgIpc) is 3.12. The van der Waals surface area contributed by atoms with E-state index in [1.54, 1.807) is 0 Å². The predicted octanol–water partition coefficient (Wildman–Crippen LogP) is 3.68. The van der Waals surface area contributed by atoms with Gasteiger partial charge in [-0.2, -0.15) is 0 Å². The Labute approximate surface area is 190 Å². The van der Waals surface area contributed by atoms with Crippen molar-refractivity contribution in [2.75, 3.05) is 18.4 Å². The fourth-order valence-corrected chi connectivity index (χ4v) is 4.31. The molecule has 0 amide bonds. The molecule has 6 heteroatoms. The monoisotopic (exact) mass is 506 g/mol. The number of benzene rings is 2. The number of hydrogen-bond acceptors (Lipinski definition) is 3. The van der Waals surface area contributed by atoms with Crippen LogP contribution in [0.25, 0.3) is 0 Å². The number of rotatable bonds is 5. The second kappa shape index (κ2) is 10.4. The molecule has 0 radical (unpaired) electrons. The molecule has 0 bridgehead atoms. The summed E-state index contributed by atoms with van der Waals surface area (Å²) in [5, 5.41) is 13.1. The molecule has 1 aliphatic heterocycles. The van der Waals surface area contributed by atoms with E-state index < -0.39 is 0 Å². The highest BCUT2D eigenvalue weighted by molar-refractivity contribution is 14.0. The van der Waals surface area contributed by atoms with Gasteiger partial charge in [0.25, 0.3) is 0 Å². The summed E-state index contributed by atoms with van der Waals surface area (Å²) in [7, 11) is 0. The molecule has 5 nitrogen and oxygen atoms in total. The van der Waals surface area contributed by atoms with Crippen molar-refractivity contribution in [3.8, 4) is 0 Å². The topological polar surface area (TPSA) is 73.9 Å². The van der Waals surface area contributed by atoms with Crippen LogP contribution in [0.5, 0.6) is 0 Å². The number of aliphatic hydroxyl groups is 1. The summed E-state index contributed by atoms with van der Waals surface area (Å²) >= 11 is 0. The zero-order valence-corrected chi connectivity index (χ0v) is 19.1. The van der Waals surface area contributed by atoms with Crippen LogP contribution in [0.2, 0.25) is 0 Å². The first kappa shape index (κ1) is 22.1. The summed E-state index contributed by atoms with van der Waals surface area (Å²) in [6, 6.07) is 14.8. The highest BCUT2D eigenvalue weighted by Gasteiger charge is 2.20. The molecule has 29 heavy (non-hydrogen) atoms. The molecule has 1 unspecified atom stereocenters. The van der Waals surface area contributed by atoms with Gasteiger partial charge in [-0.05, 0) is 60.4 Å². The van der Waals surface area contributed by atoms with E-state index in [9.17, 15) is 5.11 Å². The van der Waals surface area contributed by atoms with Crippen molar-refractivity contribution < 1.29 is 5.11 Å². The maximum absolute atomic E-state index is 9.76. The van der Waals surface area contributed by atoms with Crippen molar-refractivity contribution in [1.29, 1.82) is 0 Å². The van der Waals surface area contributed by atoms with Crippen molar-refractivity contribution in [2.45, 2.75) is 51.3 Å². The molecule has 1 fully saturated rings. The molecule has 4 rings (SSSR count). The van der Waals surface area contributed by atoms with Gasteiger partial charge in [-0.1, -0.05) is 36.4 Å². The van der Waals surface area contributed by atoms with Crippen LogP contribution in [-0.2, 0) is 25.9 Å². The summed E-state index contributed by atoms with van der Waals surface area (Å²) in [6.07, 6.45) is 5.43. The second-order valence-electron chi connectivity index (χ2n) is 7.92. The fourth-order valence-electron chi connectivity index (χ4n) is 4.31. The first-order valence-corrected chi connectivity index (χ1v) is 10.3. The number of halogens is 1. The van der Waals surface area contributed by atoms with Gasteiger partial charge in [0, 0.05) is 25.3 Å². The molecule has 4 N–H and O–H groups in total. The lowest BCUT2D eigenvalue weighted by Gasteiger charge is -2.20. The van der Waals surface area contributed by atoms with E-state index in [-0.39, 0.29) is 30.1 Å². The van der Waals surface area contributed by atoms with Crippen LogP contribution in [0.1, 0.15) is 41.5 Å². The van der Waals surface area contributed by atoms with Crippen molar-refractivity contribution in [3.05, 3.63) is 64.7 Å². The van der Waals surface area contributed by atoms with Gasteiger partial charge in [-0.25, -0.2) is 4.99 Å². The van der Waals surface area contributed by atoms with Crippen molar-refractivity contribution in [3.63, 3.8) is 0 Å². The van der Waals surface area contributed by atoms with Crippen LogP contribution in [0, 0.1) is 0 Å². The second-order valence-corrected chi connectivity index (χ2v) is 7.92. The lowest BCUT2D eigenvalue weighted by atomic mass is 9.90. The van der Waals surface area contributed by atoms with Gasteiger partial charge < -0.3 is 16.2 Å². The normalized spacial score (nSPS) is 19.5. The van der Waals surface area contributed by atoms with Gasteiger partial charge in [-0.3, -0.25) is 4.90 Å². The Morgan fingerprint density at radius 2 is 1.90 bits per heavy atom. The number of β-amino-alcohol motifs (C(OH)–C–C–N with tert-alkyl or cyclic N) is 1. The number of aliphatic imine (C=N–C) groups is 1. The van der Waals surface area contributed by atoms with Gasteiger partial charge in [0.05, 0.1) is 12.6 Å². The Bertz CT molecular complexity index is 855. The number of anilines is 1. The third kappa shape index (κ3) is 5.71. The van der Waals surface area contributed by atoms with Gasteiger partial charge in [-0.15, -0.1) is 24.0 Å². The molecule has 2 aromatic rings. The number of guanidine groups is 1.